The second kappa shape index (κ2) is 6.00. The van der Waals surface area contributed by atoms with E-state index < -0.39 is 5.97 Å². The fraction of sp³-hybridized carbons (Fsp3) is 0.278. The first-order valence-corrected chi connectivity index (χ1v) is 8.82. The van der Waals surface area contributed by atoms with Gasteiger partial charge in [0, 0.05) is 21.5 Å². The number of carbonyl (C=O) groups excluding carboxylic acids is 2. The van der Waals surface area contributed by atoms with Crippen LogP contribution in [0.25, 0.3) is 10.1 Å². The lowest BCUT2D eigenvalue weighted by Crippen LogP contribution is -2.38. The lowest BCUT2D eigenvalue weighted by molar-refractivity contribution is 0.0591. The predicted octanol–water partition coefficient (Wildman–Crippen LogP) is 2.85. The standard InChI is InChI=1S/C18H17N3O3S/c1-11-16(13-5-3-4-6-15(13)25-11)17(22)20-7-8-21-12(10-20)9-14(19-21)18(23)24-2/h3-6,9H,7-8,10H2,1-2H3. The van der Waals surface area contributed by atoms with E-state index in [0.717, 1.165) is 26.2 Å². The van der Waals surface area contributed by atoms with Crippen molar-refractivity contribution in [3.63, 3.8) is 0 Å². The van der Waals surface area contributed by atoms with Gasteiger partial charge in [0.2, 0.25) is 0 Å². The van der Waals surface area contributed by atoms with Crippen molar-refractivity contribution < 1.29 is 14.3 Å². The molecule has 1 amide bonds. The molecule has 0 unspecified atom stereocenters. The van der Waals surface area contributed by atoms with E-state index in [9.17, 15) is 9.59 Å². The van der Waals surface area contributed by atoms with Gasteiger partial charge in [-0.3, -0.25) is 9.48 Å². The number of amides is 1. The summed E-state index contributed by atoms with van der Waals surface area (Å²) in [5, 5.41) is 5.26. The Bertz CT molecular complexity index is 989. The first-order chi connectivity index (χ1) is 12.1. The smallest absolute Gasteiger partial charge is 0.358 e. The summed E-state index contributed by atoms with van der Waals surface area (Å²) in [5.74, 6) is -0.429. The molecule has 0 aliphatic carbocycles. The number of aryl methyl sites for hydroxylation is 1. The van der Waals surface area contributed by atoms with Crippen LogP contribution in [-0.4, -0.2) is 40.2 Å². The summed E-state index contributed by atoms with van der Waals surface area (Å²) in [7, 11) is 1.33. The fourth-order valence-electron chi connectivity index (χ4n) is 3.24. The normalized spacial score (nSPS) is 13.8. The highest BCUT2D eigenvalue weighted by Crippen LogP contribution is 2.32. The van der Waals surface area contributed by atoms with Gasteiger partial charge >= 0.3 is 5.97 Å². The van der Waals surface area contributed by atoms with Gasteiger partial charge in [-0.25, -0.2) is 4.79 Å². The first kappa shape index (κ1) is 15.8. The van der Waals surface area contributed by atoms with E-state index in [4.69, 9.17) is 4.74 Å². The van der Waals surface area contributed by atoms with Crippen molar-refractivity contribution in [2.75, 3.05) is 13.7 Å². The third-order valence-corrected chi connectivity index (χ3v) is 5.55. The van der Waals surface area contributed by atoms with Gasteiger partial charge in [0.05, 0.1) is 31.5 Å². The molecule has 0 radical (unpaired) electrons. The molecule has 4 rings (SSSR count). The van der Waals surface area contributed by atoms with Gasteiger partial charge < -0.3 is 9.64 Å². The molecule has 25 heavy (non-hydrogen) atoms. The van der Waals surface area contributed by atoms with Gasteiger partial charge in [-0.1, -0.05) is 18.2 Å². The van der Waals surface area contributed by atoms with Gasteiger partial charge in [0.15, 0.2) is 5.69 Å². The summed E-state index contributed by atoms with van der Waals surface area (Å²) >= 11 is 1.64. The third-order valence-electron chi connectivity index (χ3n) is 4.47. The molecule has 1 aliphatic heterocycles. The average molecular weight is 355 g/mol. The van der Waals surface area contributed by atoms with Crippen molar-refractivity contribution in [2.24, 2.45) is 0 Å². The lowest BCUT2D eigenvalue weighted by atomic mass is 10.1. The quantitative estimate of drug-likeness (QED) is 0.663. The van der Waals surface area contributed by atoms with Crippen LogP contribution in [0.1, 0.15) is 31.4 Å². The molecule has 3 heterocycles. The number of ether oxygens (including phenoxy) is 1. The second-order valence-electron chi connectivity index (χ2n) is 5.99. The van der Waals surface area contributed by atoms with E-state index in [2.05, 4.69) is 5.10 Å². The van der Waals surface area contributed by atoms with Crippen molar-refractivity contribution in [3.8, 4) is 0 Å². The highest BCUT2D eigenvalue weighted by molar-refractivity contribution is 7.19. The van der Waals surface area contributed by atoms with Gasteiger partial charge in [-0.2, -0.15) is 5.10 Å². The minimum absolute atomic E-state index is 0.0296. The largest absolute Gasteiger partial charge is 0.464 e. The lowest BCUT2D eigenvalue weighted by Gasteiger charge is -2.27. The van der Waals surface area contributed by atoms with Crippen molar-refractivity contribution in [2.45, 2.75) is 20.0 Å². The Morgan fingerprint density at radius 3 is 2.84 bits per heavy atom. The summed E-state index contributed by atoms with van der Waals surface area (Å²) in [6, 6.07) is 9.68. The molecule has 0 fully saturated rings. The number of fused-ring (bicyclic) bond motifs is 2. The molecule has 128 valence electrons. The van der Waals surface area contributed by atoms with Crippen molar-refractivity contribution >= 4 is 33.3 Å². The number of thiophene rings is 1. The summed E-state index contributed by atoms with van der Waals surface area (Å²) in [5.41, 5.74) is 1.91. The van der Waals surface area contributed by atoms with Gasteiger partial charge in [0.25, 0.3) is 5.91 Å². The van der Waals surface area contributed by atoms with Crippen LogP contribution in [0, 0.1) is 6.92 Å². The fourth-order valence-corrected chi connectivity index (χ4v) is 4.29. The van der Waals surface area contributed by atoms with Crippen LogP contribution in [0.5, 0.6) is 0 Å². The van der Waals surface area contributed by atoms with Crippen LogP contribution in [0.2, 0.25) is 0 Å². The molecule has 0 saturated heterocycles. The monoisotopic (exact) mass is 355 g/mol. The topological polar surface area (TPSA) is 64.4 Å². The molecule has 7 heteroatoms. The third kappa shape index (κ3) is 2.60. The molecule has 1 aromatic carbocycles. The zero-order chi connectivity index (χ0) is 17.6. The summed E-state index contributed by atoms with van der Waals surface area (Å²) in [4.78, 5) is 27.6. The molecular formula is C18H17N3O3S. The Balaban J connectivity index is 1.65. The number of nitrogens with zero attached hydrogens (tertiary/aromatic N) is 3. The zero-order valence-corrected chi connectivity index (χ0v) is 14.8. The Labute approximate surface area is 148 Å². The second-order valence-corrected chi connectivity index (χ2v) is 7.25. The molecule has 2 aromatic heterocycles. The van der Waals surface area contributed by atoms with Crippen molar-refractivity contribution in [3.05, 3.63) is 52.2 Å². The van der Waals surface area contributed by atoms with Gasteiger partial charge in [0.1, 0.15) is 0 Å². The maximum Gasteiger partial charge on any atom is 0.358 e. The number of carbonyl (C=O) groups is 2. The van der Waals surface area contributed by atoms with Gasteiger partial charge in [-0.05, 0) is 19.1 Å². The van der Waals surface area contributed by atoms with E-state index in [1.165, 1.54) is 7.11 Å². The molecule has 0 bridgehead atoms. The summed E-state index contributed by atoms with van der Waals surface area (Å²) < 4.78 is 7.61. The number of rotatable bonds is 2. The Morgan fingerprint density at radius 2 is 2.04 bits per heavy atom. The highest BCUT2D eigenvalue weighted by Gasteiger charge is 2.27. The number of esters is 1. The van der Waals surface area contributed by atoms with E-state index in [-0.39, 0.29) is 11.6 Å². The predicted molar refractivity (Wildman–Crippen MR) is 94.9 cm³/mol. The molecule has 0 saturated carbocycles. The van der Waals surface area contributed by atoms with Gasteiger partial charge in [-0.15, -0.1) is 11.3 Å². The van der Waals surface area contributed by atoms with E-state index in [1.807, 2.05) is 36.1 Å². The van der Waals surface area contributed by atoms with Crippen LogP contribution in [-0.2, 0) is 17.8 Å². The Hall–Kier alpha value is -2.67. The van der Waals surface area contributed by atoms with Crippen LogP contribution >= 0.6 is 11.3 Å². The maximum absolute atomic E-state index is 13.1. The SMILES string of the molecule is COC(=O)c1cc2n(n1)CCN(C(=O)c1c(C)sc3ccccc13)C2. The summed E-state index contributed by atoms with van der Waals surface area (Å²) in [6.07, 6.45) is 0. The molecule has 0 spiro atoms. The molecule has 6 nitrogen and oxygen atoms in total. The maximum atomic E-state index is 13.1. The van der Waals surface area contributed by atoms with Crippen LogP contribution in [0.15, 0.2) is 30.3 Å². The molecule has 0 N–H and O–H groups in total. The Morgan fingerprint density at radius 1 is 1.24 bits per heavy atom. The molecule has 3 aromatic rings. The van der Waals surface area contributed by atoms with Crippen LogP contribution < -0.4 is 0 Å². The van der Waals surface area contributed by atoms with E-state index >= 15 is 0 Å². The summed E-state index contributed by atoms with van der Waals surface area (Å²) in [6.45, 7) is 3.56. The van der Waals surface area contributed by atoms with E-state index in [1.54, 1.807) is 22.1 Å². The van der Waals surface area contributed by atoms with Crippen molar-refractivity contribution in [1.82, 2.24) is 14.7 Å². The number of aromatic nitrogens is 2. The highest BCUT2D eigenvalue weighted by atomic mass is 32.1. The minimum atomic E-state index is -0.459. The minimum Gasteiger partial charge on any atom is -0.464 e. The number of hydrogen-bond donors (Lipinski definition) is 0. The first-order valence-electron chi connectivity index (χ1n) is 8.01. The molecule has 0 atom stereocenters. The van der Waals surface area contributed by atoms with Crippen LogP contribution in [0.4, 0.5) is 0 Å². The van der Waals surface area contributed by atoms with Crippen molar-refractivity contribution in [1.29, 1.82) is 0 Å². The number of hydrogen-bond acceptors (Lipinski definition) is 5. The average Bonchev–Trinajstić information content (AvgIpc) is 3.19. The number of benzene rings is 1. The molecular weight excluding hydrogens is 338 g/mol. The Kier molecular flexibility index (Phi) is 3.80. The van der Waals surface area contributed by atoms with Crippen LogP contribution in [0.3, 0.4) is 0 Å². The van der Waals surface area contributed by atoms with E-state index in [0.29, 0.717) is 19.6 Å². The zero-order valence-electron chi connectivity index (χ0n) is 14.0. The molecule has 1 aliphatic rings. The number of methoxy groups -OCH3 is 1.